The summed E-state index contributed by atoms with van der Waals surface area (Å²) in [5.74, 6) is 1.73. The highest BCUT2D eigenvalue weighted by Gasteiger charge is 2.23. The Morgan fingerprint density at radius 1 is 1.00 bits per heavy atom. The maximum atomic E-state index is 2.53. The van der Waals surface area contributed by atoms with Gasteiger partial charge in [0.05, 0.1) is 0 Å². The highest BCUT2D eigenvalue weighted by molar-refractivity contribution is 4.76. The van der Waals surface area contributed by atoms with Gasteiger partial charge in [-0.25, -0.2) is 0 Å². The van der Waals surface area contributed by atoms with Gasteiger partial charge in [-0.15, -0.1) is 0 Å². The Morgan fingerprint density at radius 2 is 1.60 bits per heavy atom. The molecule has 1 heteroatoms. The van der Waals surface area contributed by atoms with Crippen LogP contribution in [0.3, 0.4) is 0 Å². The normalized spacial score (nSPS) is 17.8. The van der Waals surface area contributed by atoms with E-state index in [0.29, 0.717) is 0 Å². The molecule has 3 unspecified atom stereocenters. The van der Waals surface area contributed by atoms with E-state index in [-0.39, 0.29) is 0 Å². The Labute approximate surface area is 97.2 Å². The zero-order valence-electron chi connectivity index (χ0n) is 11.7. The van der Waals surface area contributed by atoms with Crippen molar-refractivity contribution in [2.75, 3.05) is 13.6 Å². The van der Waals surface area contributed by atoms with Crippen LogP contribution in [0.1, 0.15) is 60.3 Å². The molecule has 0 aliphatic carbocycles. The van der Waals surface area contributed by atoms with Gasteiger partial charge in [0, 0.05) is 6.04 Å². The van der Waals surface area contributed by atoms with E-state index < -0.39 is 0 Å². The quantitative estimate of drug-likeness (QED) is 0.584. The van der Waals surface area contributed by atoms with Gasteiger partial charge in [-0.2, -0.15) is 0 Å². The Kier molecular flexibility index (Phi) is 8.13. The van der Waals surface area contributed by atoms with Crippen LogP contribution in [0.15, 0.2) is 0 Å². The van der Waals surface area contributed by atoms with Gasteiger partial charge >= 0.3 is 0 Å². The van der Waals surface area contributed by atoms with Crippen molar-refractivity contribution < 1.29 is 0 Å². The summed E-state index contributed by atoms with van der Waals surface area (Å²) in [7, 11) is 2.27. The first-order valence-electron chi connectivity index (χ1n) is 6.78. The molecule has 15 heavy (non-hydrogen) atoms. The van der Waals surface area contributed by atoms with Gasteiger partial charge in [0.2, 0.25) is 0 Å². The van der Waals surface area contributed by atoms with E-state index in [1.165, 1.54) is 32.2 Å². The summed E-state index contributed by atoms with van der Waals surface area (Å²) < 4.78 is 0. The van der Waals surface area contributed by atoms with Gasteiger partial charge in [-0.3, -0.25) is 0 Å². The predicted octanol–water partition coefficient (Wildman–Crippen LogP) is 4.18. The molecular weight excluding hydrogens is 182 g/mol. The molecule has 0 spiro atoms. The molecule has 1 nitrogen and oxygen atoms in total. The first-order chi connectivity index (χ1) is 7.08. The van der Waals surface area contributed by atoms with Crippen LogP contribution in [0.4, 0.5) is 0 Å². The Bertz CT molecular complexity index is 144. The fourth-order valence-corrected chi connectivity index (χ4v) is 2.77. The second kappa shape index (κ2) is 8.15. The molecule has 0 fully saturated rings. The maximum absolute atomic E-state index is 2.53. The average molecular weight is 213 g/mol. The van der Waals surface area contributed by atoms with E-state index in [0.717, 1.165) is 17.9 Å². The monoisotopic (exact) mass is 213 g/mol. The number of nitrogens with zero attached hydrogens (tertiary/aromatic N) is 1. The zero-order valence-corrected chi connectivity index (χ0v) is 11.7. The van der Waals surface area contributed by atoms with Crippen molar-refractivity contribution in [2.24, 2.45) is 11.8 Å². The molecule has 0 amide bonds. The molecular formula is C14H31N. The van der Waals surface area contributed by atoms with Crippen LogP contribution in [0.2, 0.25) is 0 Å². The maximum Gasteiger partial charge on any atom is 0.00945 e. The second-order valence-corrected chi connectivity index (χ2v) is 5.06. The van der Waals surface area contributed by atoms with Crippen LogP contribution in [-0.4, -0.2) is 24.5 Å². The lowest BCUT2D eigenvalue weighted by Gasteiger charge is -2.35. The number of hydrogen-bond acceptors (Lipinski definition) is 1. The van der Waals surface area contributed by atoms with Crippen molar-refractivity contribution >= 4 is 0 Å². The van der Waals surface area contributed by atoms with E-state index in [1.807, 2.05) is 0 Å². The van der Waals surface area contributed by atoms with Crippen molar-refractivity contribution in [3.05, 3.63) is 0 Å². The van der Waals surface area contributed by atoms with Crippen LogP contribution in [0.5, 0.6) is 0 Å². The highest BCUT2D eigenvalue weighted by atomic mass is 15.1. The van der Waals surface area contributed by atoms with E-state index in [2.05, 4.69) is 46.6 Å². The van der Waals surface area contributed by atoms with Gasteiger partial charge in [-0.05, 0) is 38.8 Å². The minimum atomic E-state index is 0.733. The second-order valence-electron chi connectivity index (χ2n) is 5.06. The van der Waals surface area contributed by atoms with E-state index in [1.54, 1.807) is 0 Å². The topological polar surface area (TPSA) is 3.24 Å². The van der Waals surface area contributed by atoms with Crippen molar-refractivity contribution in [3.63, 3.8) is 0 Å². The van der Waals surface area contributed by atoms with Gasteiger partial charge in [0.15, 0.2) is 0 Å². The van der Waals surface area contributed by atoms with Crippen LogP contribution in [-0.2, 0) is 0 Å². The van der Waals surface area contributed by atoms with Crippen LogP contribution < -0.4 is 0 Å². The summed E-state index contributed by atoms with van der Waals surface area (Å²) >= 11 is 0. The summed E-state index contributed by atoms with van der Waals surface area (Å²) in [5.41, 5.74) is 0. The van der Waals surface area contributed by atoms with Gasteiger partial charge in [0.1, 0.15) is 0 Å². The minimum Gasteiger partial charge on any atom is -0.303 e. The summed E-state index contributed by atoms with van der Waals surface area (Å²) in [5, 5.41) is 0. The van der Waals surface area contributed by atoms with E-state index in [9.17, 15) is 0 Å². The molecule has 0 saturated carbocycles. The third-order valence-corrected chi connectivity index (χ3v) is 3.84. The van der Waals surface area contributed by atoms with Crippen molar-refractivity contribution in [2.45, 2.75) is 66.3 Å². The van der Waals surface area contributed by atoms with Crippen molar-refractivity contribution in [1.29, 1.82) is 0 Å². The van der Waals surface area contributed by atoms with Crippen molar-refractivity contribution in [1.82, 2.24) is 4.90 Å². The smallest absolute Gasteiger partial charge is 0.00945 e. The Balaban J connectivity index is 4.24. The number of rotatable bonds is 8. The fourth-order valence-electron chi connectivity index (χ4n) is 2.77. The first-order valence-corrected chi connectivity index (χ1v) is 6.78. The van der Waals surface area contributed by atoms with Gasteiger partial charge in [-0.1, -0.05) is 47.0 Å². The van der Waals surface area contributed by atoms with Crippen LogP contribution >= 0.6 is 0 Å². The molecule has 0 aromatic heterocycles. The molecule has 0 aromatic rings. The highest BCUT2D eigenvalue weighted by Crippen LogP contribution is 2.26. The predicted molar refractivity (Wildman–Crippen MR) is 70.2 cm³/mol. The summed E-state index contributed by atoms with van der Waals surface area (Å²) in [6.07, 6.45) is 5.28. The van der Waals surface area contributed by atoms with E-state index in [4.69, 9.17) is 0 Å². The minimum absolute atomic E-state index is 0.733. The molecule has 0 bridgehead atoms. The molecule has 0 aliphatic heterocycles. The van der Waals surface area contributed by atoms with Gasteiger partial charge < -0.3 is 4.90 Å². The molecule has 0 aromatic carbocycles. The van der Waals surface area contributed by atoms with Crippen LogP contribution in [0.25, 0.3) is 0 Å². The molecule has 0 N–H and O–H groups in total. The summed E-state index contributed by atoms with van der Waals surface area (Å²) in [4.78, 5) is 2.53. The average Bonchev–Trinajstić information content (AvgIpc) is 2.19. The molecule has 0 saturated heterocycles. The summed E-state index contributed by atoms with van der Waals surface area (Å²) in [6.45, 7) is 13.0. The number of hydrogen-bond donors (Lipinski definition) is 0. The Morgan fingerprint density at radius 3 is 2.00 bits per heavy atom. The molecule has 0 aliphatic rings. The lowest BCUT2D eigenvalue weighted by molar-refractivity contribution is 0.141. The SMILES string of the molecule is CCCC(C)C(CC)C(C)N(C)CCC. The van der Waals surface area contributed by atoms with E-state index >= 15 is 0 Å². The fraction of sp³-hybridized carbons (Fsp3) is 1.00. The Hall–Kier alpha value is -0.0400. The van der Waals surface area contributed by atoms with Crippen LogP contribution in [0, 0.1) is 11.8 Å². The third-order valence-electron chi connectivity index (χ3n) is 3.84. The molecule has 3 atom stereocenters. The lowest BCUT2D eigenvalue weighted by Crippen LogP contribution is -2.38. The standard InChI is InChI=1S/C14H31N/c1-7-10-12(4)14(9-3)13(5)15(6)11-8-2/h12-14H,7-11H2,1-6H3. The molecule has 0 radical (unpaired) electrons. The van der Waals surface area contributed by atoms with Crippen molar-refractivity contribution in [3.8, 4) is 0 Å². The lowest BCUT2D eigenvalue weighted by atomic mass is 9.82. The first kappa shape index (κ1) is 15.0. The zero-order chi connectivity index (χ0) is 11.8. The summed E-state index contributed by atoms with van der Waals surface area (Å²) in [6, 6.07) is 0.733. The largest absolute Gasteiger partial charge is 0.303 e. The molecule has 0 heterocycles. The molecule has 0 rings (SSSR count). The molecule has 92 valence electrons. The van der Waals surface area contributed by atoms with Gasteiger partial charge in [0.25, 0.3) is 0 Å². The third kappa shape index (κ3) is 5.01.